The zero-order valence-electron chi connectivity index (χ0n) is 15.7. The number of hydrogen-bond acceptors (Lipinski definition) is 3. The number of rotatable bonds is 11. The van der Waals surface area contributed by atoms with Crippen LogP contribution < -0.4 is 10.6 Å². The molecule has 2 N–H and O–H groups in total. The van der Waals surface area contributed by atoms with Gasteiger partial charge in [-0.1, -0.05) is 91.0 Å². The summed E-state index contributed by atoms with van der Waals surface area (Å²) in [4.78, 5) is 0. The topological polar surface area (TPSA) is 33.3 Å². The van der Waals surface area contributed by atoms with Crippen LogP contribution >= 0.6 is 0 Å². The third kappa shape index (κ3) is 7.35. The van der Waals surface area contributed by atoms with E-state index in [1.54, 1.807) is 0 Å². The summed E-state index contributed by atoms with van der Waals surface area (Å²) in [6, 6.07) is 31.3. The molecule has 27 heavy (non-hydrogen) atoms. The number of ether oxygens (including phenoxy) is 1. The lowest BCUT2D eigenvalue weighted by Gasteiger charge is -2.20. The first-order valence-electron chi connectivity index (χ1n) is 9.55. The Bertz CT molecular complexity index is 702. The Balaban J connectivity index is 1.47. The van der Waals surface area contributed by atoms with Crippen LogP contribution in [0, 0.1) is 0 Å². The molecule has 3 aromatic carbocycles. The summed E-state index contributed by atoms with van der Waals surface area (Å²) in [5.41, 5.74) is 3.78. The first-order valence-corrected chi connectivity index (χ1v) is 9.55. The van der Waals surface area contributed by atoms with E-state index in [1.165, 1.54) is 16.7 Å². The van der Waals surface area contributed by atoms with Crippen molar-refractivity contribution >= 4 is 0 Å². The SMILES string of the molecule is c1ccc(CNCC(CNCc2ccccc2)OCc2ccccc2)cc1. The highest BCUT2D eigenvalue weighted by Crippen LogP contribution is 2.04. The molecule has 0 aliphatic rings. The van der Waals surface area contributed by atoms with E-state index in [0.29, 0.717) is 6.61 Å². The predicted molar refractivity (Wildman–Crippen MR) is 111 cm³/mol. The summed E-state index contributed by atoms with van der Waals surface area (Å²) < 4.78 is 6.18. The van der Waals surface area contributed by atoms with E-state index in [1.807, 2.05) is 18.2 Å². The Morgan fingerprint density at radius 3 is 1.41 bits per heavy atom. The van der Waals surface area contributed by atoms with E-state index in [2.05, 4.69) is 83.4 Å². The average molecular weight is 361 g/mol. The minimum Gasteiger partial charge on any atom is -0.371 e. The Hall–Kier alpha value is -2.46. The van der Waals surface area contributed by atoms with Crippen LogP contribution in [0.3, 0.4) is 0 Å². The van der Waals surface area contributed by atoms with Crippen LogP contribution in [-0.2, 0) is 24.4 Å². The van der Waals surface area contributed by atoms with Crippen molar-refractivity contribution in [3.63, 3.8) is 0 Å². The zero-order chi connectivity index (χ0) is 18.6. The fraction of sp³-hybridized carbons (Fsp3) is 0.250. The van der Waals surface area contributed by atoms with Crippen molar-refractivity contribution < 1.29 is 4.74 Å². The fourth-order valence-electron chi connectivity index (χ4n) is 2.93. The number of hydrogen-bond donors (Lipinski definition) is 2. The van der Waals surface area contributed by atoms with Crippen molar-refractivity contribution in [3.8, 4) is 0 Å². The first-order chi connectivity index (χ1) is 13.4. The summed E-state index contributed by atoms with van der Waals surface area (Å²) in [6.07, 6.45) is 0.109. The highest BCUT2D eigenvalue weighted by atomic mass is 16.5. The number of benzene rings is 3. The van der Waals surface area contributed by atoms with Crippen LogP contribution in [0.4, 0.5) is 0 Å². The third-order valence-corrected chi connectivity index (χ3v) is 4.42. The van der Waals surface area contributed by atoms with Gasteiger partial charge in [0.15, 0.2) is 0 Å². The van der Waals surface area contributed by atoms with Crippen LogP contribution in [-0.4, -0.2) is 19.2 Å². The summed E-state index contributed by atoms with van der Waals surface area (Å²) in [7, 11) is 0. The van der Waals surface area contributed by atoms with Gasteiger partial charge in [-0.15, -0.1) is 0 Å². The van der Waals surface area contributed by atoms with E-state index in [-0.39, 0.29) is 6.10 Å². The van der Waals surface area contributed by atoms with E-state index in [4.69, 9.17) is 4.74 Å². The third-order valence-electron chi connectivity index (χ3n) is 4.42. The summed E-state index contributed by atoms with van der Waals surface area (Å²) in [5, 5.41) is 7.04. The maximum Gasteiger partial charge on any atom is 0.0828 e. The summed E-state index contributed by atoms with van der Waals surface area (Å²) in [6.45, 7) is 3.95. The Labute approximate surface area is 162 Å². The smallest absolute Gasteiger partial charge is 0.0828 e. The van der Waals surface area contributed by atoms with E-state index in [9.17, 15) is 0 Å². The minimum absolute atomic E-state index is 0.109. The maximum atomic E-state index is 6.18. The van der Waals surface area contributed by atoms with Gasteiger partial charge in [-0.25, -0.2) is 0 Å². The van der Waals surface area contributed by atoms with Crippen LogP contribution in [0.2, 0.25) is 0 Å². The Kier molecular flexibility index (Phi) is 8.08. The largest absolute Gasteiger partial charge is 0.371 e. The molecule has 3 aromatic rings. The molecule has 0 amide bonds. The van der Waals surface area contributed by atoms with Crippen LogP contribution in [0.5, 0.6) is 0 Å². The Morgan fingerprint density at radius 1 is 0.556 bits per heavy atom. The van der Waals surface area contributed by atoms with Crippen LogP contribution in [0.25, 0.3) is 0 Å². The molecule has 0 aromatic heterocycles. The van der Waals surface area contributed by atoms with Gasteiger partial charge in [0.2, 0.25) is 0 Å². The molecule has 0 unspecified atom stereocenters. The molecule has 0 bridgehead atoms. The quantitative estimate of drug-likeness (QED) is 0.539. The molecule has 0 aliphatic heterocycles. The molecule has 0 spiro atoms. The van der Waals surface area contributed by atoms with Gasteiger partial charge in [-0.05, 0) is 16.7 Å². The molecule has 0 radical (unpaired) electrons. The summed E-state index contributed by atoms with van der Waals surface area (Å²) >= 11 is 0. The standard InChI is InChI=1S/C24H28N2O/c1-4-10-21(11-5-1)16-25-18-24(27-20-23-14-8-3-9-15-23)19-26-17-22-12-6-2-7-13-22/h1-15,24-26H,16-20H2. The molecule has 0 saturated heterocycles. The van der Waals surface area contributed by atoms with E-state index in [0.717, 1.165) is 26.2 Å². The van der Waals surface area contributed by atoms with Gasteiger partial charge in [0.25, 0.3) is 0 Å². The molecular weight excluding hydrogens is 332 g/mol. The molecule has 0 heterocycles. The highest BCUT2D eigenvalue weighted by molar-refractivity contribution is 5.15. The minimum atomic E-state index is 0.109. The average Bonchev–Trinajstić information content (AvgIpc) is 2.74. The molecule has 3 rings (SSSR count). The first kappa shape index (κ1) is 19.3. The van der Waals surface area contributed by atoms with Crippen molar-refractivity contribution in [2.75, 3.05) is 13.1 Å². The molecule has 0 aliphatic carbocycles. The molecule has 0 fully saturated rings. The monoisotopic (exact) mass is 360 g/mol. The van der Waals surface area contributed by atoms with Crippen LogP contribution in [0.15, 0.2) is 91.0 Å². The Morgan fingerprint density at radius 2 is 0.963 bits per heavy atom. The molecule has 3 heteroatoms. The van der Waals surface area contributed by atoms with E-state index >= 15 is 0 Å². The zero-order valence-corrected chi connectivity index (χ0v) is 15.7. The molecule has 0 saturated carbocycles. The fourth-order valence-corrected chi connectivity index (χ4v) is 2.93. The summed E-state index contributed by atoms with van der Waals surface area (Å²) in [5.74, 6) is 0. The van der Waals surface area contributed by atoms with Crippen molar-refractivity contribution in [2.24, 2.45) is 0 Å². The van der Waals surface area contributed by atoms with Gasteiger partial charge in [0, 0.05) is 26.2 Å². The lowest BCUT2D eigenvalue weighted by molar-refractivity contribution is 0.0405. The van der Waals surface area contributed by atoms with Gasteiger partial charge in [-0.3, -0.25) is 0 Å². The van der Waals surface area contributed by atoms with Crippen molar-refractivity contribution in [1.29, 1.82) is 0 Å². The normalized spacial score (nSPS) is 11.0. The number of nitrogens with one attached hydrogen (secondary N) is 2. The van der Waals surface area contributed by atoms with Crippen LogP contribution in [0.1, 0.15) is 16.7 Å². The van der Waals surface area contributed by atoms with Crippen molar-refractivity contribution in [3.05, 3.63) is 108 Å². The lowest BCUT2D eigenvalue weighted by Crippen LogP contribution is -2.37. The molecule has 140 valence electrons. The molecule has 3 nitrogen and oxygen atoms in total. The second kappa shape index (κ2) is 11.3. The van der Waals surface area contributed by atoms with Gasteiger partial charge in [0.1, 0.15) is 0 Å². The van der Waals surface area contributed by atoms with Gasteiger partial charge >= 0.3 is 0 Å². The van der Waals surface area contributed by atoms with Crippen molar-refractivity contribution in [2.45, 2.75) is 25.8 Å². The second-order valence-corrected chi connectivity index (χ2v) is 6.65. The maximum absolute atomic E-state index is 6.18. The van der Waals surface area contributed by atoms with Gasteiger partial charge in [0.05, 0.1) is 12.7 Å². The van der Waals surface area contributed by atoms with Gasteiger partial charge < -0.3 is 15.4 Å². The van der Waals surface area contributed by atoms with Crippen molar-refractivity contribution in [1.82, 2.24) is 10.6 Å². The molecular formula is C24H28N2O. The van der Waals surface area contributed by atoms with Gasteiger partial charge in [-0.2, -0.15) is 0 Å². The second-order valence-electron chi connectivity index (χ2n) is 6.65. The lowest BCUT2D eigenvalue weighted by atomic mass is 10.2. The van der Waals surface area contributed by atoms with E-state index < -0.39 is 0 Å². The molecule has 0 atom stereocenters. The predicted octanol–water partition coefficient (Wildman–Crippen LogP) is 4.15. The highest BCUT2D eigenvalue weighted by Gasteiger charge is 2.09.